The van der Waals surface area contributed by atoms with Crippen molar-refractivity contribution in [3.8, 4) is 0 Å². The lowest BCUT2D eigenvalue weighted by atomic mass is 10.2. The zero-order chi connectivity index (χ0) is 14.7. The Balaban J connectivity index is 1.88. The van der Waals surface area contributed by atoms with Crippen molar-refractivity contribution in [2.75, 3.05) is 5.43 Å². The quantitative estimate of drug-likeness (QED) is 0.576. The number of benzene rings is 2. The molecular weight excluding hydrogens is 307 g/mol. The number of fused-ring (bicyclic) bond motifs is 1. The molecule has 0 aliphatic rings. The third-order valence-corrected chi connectivity index (χ3v) is 3.59. The normalized spacial score (nSPS) is 11.1. The SMILES string of the molecule is Clc1cccc(Cl)c1/C=N\Nc1nncc2ccccc12. The minimum absolute atomic E-state index is 0.539. The summed E-state index contributed by atoms with van der Waals surface area (Å²) in [6, 6.07) is 13.1. The molecule has 1 aromatic heterocycles. The Morgan fingerprint density at radius 2 is 1.76 bits per heavy atom. The fourth-order valence-corrected chi connectivity index (χ4v) is 2.40. The van der Waals surface area contributed by atoms with E-state index in [1.165, 1.54) is 0 Å². The summed E-state index contributed by atoms with van der Waals surface area (Å²) in [6.45, 7) is 0. The van der Waals surface area contributed by atoms with E-state index >= 15 is 0 Å². The largest absolute Gasteiger partial charge is 0.259 e. The van der Waals surface area contributed by atoms with Gasteiger partial charge in [0, 0.05) is 16.3 Å². The van der Waals surface area contributed by atoms with Gasteiger partial charge in [-0.1, -0.05) is 53.5 Å². The highest BCUT2D eigenvalue weighted by Gasteiger charge is 2.03. The Labute approximate surface area is 131 Å². The molecule has 0 radical (unpaired) electrons. The second kappa shape index (κ2) is 6.08. The molecule has 0 bridgehead atoms. The van der Waals surface area contributed by atoms with Crippen molar-refractivity contribution in [2.45, 2.75) is 0 Å². The first-order valence-corrected chi connectivity index (χ1v) is 6.95. The summed E-state index contributed by atoms with van der Waals surface area (Å²) in [7, 11) is 0. The maximum absolute atomic E-state index is 6.07. The van der Waals surface area contributed by atoms with Crippen molar-refractivity contribution in [3.63, 3.8) is 0 Å². The van der Waals surface area contributed by atoms with Crippen LogP contribution in [0, 0.1) is 0 Å². The third-order valence-electron chi connectivity index (χ3n) is 2.93. The molecule has 3 rings (SSSR count). The number of halogens is 2. The Morgan fingerprint density at radius 1 is 1.00 bits per heavy atom. The van der Waals surface area contributed by atoms with Crippen LogP contribution in [-0.2, 0) is 0 Å². The molecule has 0 fully saturated rings. The fourth-order valence-electron chi connectivity index (χ4n) is 1.90. The van der Waals surface area contributed by atoms with E-state index in [0.717, 1.165) is 10.8 Å². The molecular formula is C15H10Cl2N4. The van der Waals surface area contributed by atoms with Crippen LogP contribution >= 0.6 is 23.2 Å². The maximum Gasteiger partial charge on any atom is 0.176 e. The Kier molecular flexibility index (Phi) is 3.99. The van der Waals surface area contributed by atoms with E-state index in [-0.39, 0.29) is 0 Å². The van der Waals surface area contributed by atoms with Crippen LogP contribution in [0.4, 0.5) is 5.82 Å². The summed E-state index contributed by atoms with van der Waals surface area (Å²) in [5.41, 5.74) is 3.52. The molecule has 3 aromatic rings. The molecule has 0 spiro atoms. The van der Waals surface area contributed by atoms with E-state index in [2.05, 4.69) is 20.7 Å². The van der Waals surface area contributed by atoms with Crippen LogP contribution in [0.3, 0.4) is 0 Å². The van der Waals surface area contributed by atoms with Gasteiger partial charge in [-0.05, 0) is 12.1 Å². The average molecular weight is 317 g/mol. The van der Waals surface area contributed by atoms with Crippen molar-refractivity contribution in [1.29, 1.82) is 0 Å². The fraction of sp³-hybridized carbons (Fsp3) is 0. The molecule has 0 amide bonds. The van der Waals surface area contributed by atoms with Crippen molar-refractivity contribution < 1.29 is 0 Å². The van der Waals surface area contributed by atoms with Gasteiger partial charge >= 0.3 is 0 Å². The number of aromatic nitrogens is 2. The van der Waals surface area contributed by atoms with E-state index in [1.807, 2.05) is 24.3 Å². The zero-order valence-electron chi connectivity index (χ0n) is 10.8. The predicted molar refractivity (Wildman–Crippen MR) is 87.2 cm³/mol. The van der Waals surface area contributed by atoms with Gasteiger partial charge in [0.25, 0.3) is 0 Å². The monoisotopic (exact) mass is 316 g/mol. The molecule has 1 heterocycles. The van der Waals surface area contributed by atoms with E-state index < -0.39 is 0 Å². The van der Waals surface area contributed by atoms with Crippen LogP contribution in [0.25, 0.3) is 10.8 Å². The maximum atomic E-state index is 6.07. The van der Waals surface area contributed by atoms with Crippen LogP contribution in [0.2, 0.25) is 10.0 Å². The Bertz CT molecular complexity index is 792. The van der Waals surface area contributed by atoms with Crippen LogP contribution < -0.4 is 5.43 Å². The summed E-state index contributed by atoms with van der Waals surface area (Å²) in [5, 5.41) is 15.1. The third kappa shape index (κ3) is 2.96. The van der Waals surface area contributed by atoms with E-state index in [9.17, 15) is 0 Å². The molecule has 6 heteroatoms. The Morgan fingerprint density at radius 3 is 2.57 bits per heavy atom. The highest BCUT2D eigenvalue weighted by atomic mass is 35.5. The molecule has 2 aromatic carbocycles. The van der Waals surface area contributed by atoms with Gasteiger partial charge in [0.1, 0.15) is 0 Å². The second-order valence-corrected chi connectivity index (χ2v) is 5.10. The molecule has 0 atom stereocenters. The molecule has 0 unspecified atom stereocenters. The smallest absolute Gasteiger partial charge is 0.176 e. The van der Waals surface area contributed by atoms with Gasteiger partial charge in [0.05, 0.1) is 22.5 Å². The summed E-state index contributed by atoms with van der Waals surface area (Å²) < 4.78 is 0. The van der Waals surface area contributed by atoms with E-state index in [4.69, 9.17) is 23.2 Å². The van der Waals surface area contributed by atoms with Crippen LogP contribution in [0.5, 0.6) is 0 Å². The van der Waals surface area contributed by atoms with Gasteiger partial charge in [0.15, 0.2) is 5.82 Å². The van der Waals surface area contributed by atoms with Crippen molar-refractivity contribution in [3.05, 3.63) is 64.3 Å². The number of hydrogen-bond acceptors (Lipinski definition) is 4. The van der Waals surface area contributed by atoms with Crippen molar-refractivity contribution >= 4 is 46.0 Å². The summed E-state index contributed by atoms with van der Waals surface area (Å²) in [4.78, 5) is 0. The van der Waals surface area contributed by atoms with Gasteiger partial charge in [-0.25, -0.2) is 0 Å². The van der Waals surface area contributed by atoms with Gasteiger partial charge in [-0.15, -0.1) is 5.10 Å². The summed E-state index contributed by atoms with van der Waals surface area (Å²) in [6.07, 6.45) is 3.27. The summed E-state index contributed by atoms with van der Waals surface area (Å²) in [5.74, 6) is 0.576. The molecule has 21 heavy (non-hydrogen) atoms. The second-order valence-electron chi connectivity index (χ2n) is 4.29. The number of hydrogen-bond donors (Lipinski definition) is 1. The zero-order valence-corrected chi connectivity index (χ0v) is 12.3. The topological polar surface area (TPSA) is 50.2 Å². The lowest BCUT2D eigenvalue weighted by Gasteiger charge is -2.04. The highest BCUT2D eigenvalue weighted by Crippen LogP contribution is 2.23. The van der Waals surface area contributed by atoms with Crippen molar-refractivity contribution in [1.82, 2.24) is 10.2 Å². The number of rotatable bonds is 3. The van der Waals surface area contributed by atoms with Gasteiger partial charge in [0.2, 0.25) is 0 Å². The minimum atomic E-state index is 0.539. The van der Waals surface area contributed by atoms with Gasteiger partial charge in [-0.3, -0.25) is 5.43 Å². The molecule has 0 saturated carbocycles. The number of nitrogens with one attached hydrogen (secondary N) is 1. The standard InChI is InChI=1S/C15H10Cl2N4/c16-13-6-3-7-14(17)12(13)9-19-21-15-11-5-2-1-4-10(11)8-18-20-15/h1-9H,(H,20,21)/b19-9-. The van der Waals surface area contributed by atoms with E-state index in [0.29, 0.717) is 21.4 Å². The first-order chi connectivity index (χ1) is 10.3. The van der Waals surface area contributed by atoms with Crippen LogP contribution in [0.15, 0.2) is 53.8 Å². The molecule has 1 N–H and O–H groups in total. The predicted octanol–water partition coefficient (Wildman–Crippen LogP) is 4.38. The van der Waals surface area contributed by atoms with Crippen LogP contribution in [-0.4, -0.2) is 16.4 Å². The van der Waals surface area contributed by atoms with Gasteiger partial charge in [-0.2, -0.15) is 10.2 Å². The van der Waals surface area contributed by atoms with Crippen LogP contribution in [0.1, 0.15) is 5.56 Å². The molecule has 0 saturated heterocycles. The average Bonchev–Trinajstić information content (AvgIpc) is 2.50. The highest BCUT2D eigenvalue weighted by molar-refractivity contribution is 6.38. The molecule has 0 aliphatic heterocycles. The first kappa shape index (κ1) is 13.8. The number of anilines is 1. The molecule has 0 aliphatic carbocycles. The summed E-state index contributed by atoms with van der Waals surface area (Å²) >= 11 is 12.1. The van der Waals surface area contributed by atoms with E-state index in [1.54, 1.807) is 30.6 Å². The lowest BCUT2D eigenvalue weighted by molar-refractivity contribution is 1.04. The molecule has 104 valence electrons. The first-order valence-electron chi connectivity index (χ1n) is 6.19. The van der Waals surface area contributed by atoms with Gasteiger partial charge < -0.3 is 0 Å². The lowest BCUT2D eigenvalue weighted by Crippen LogP contribution is -1.97. The molecule has 4 nitrogen and oxygen atoms in total. The Hall–Kier alpha value is -2.17. The minimum Gasteiger partial charge on any atom is -0.259 e. The number of hydrazone groups is 1. The number of nitrogens with zero attached hydrogens (tertiary/aromatic N) is 3. The van der Waals surface area contributed by atoms with Crippen molar-refractivity contribution in [2.24, 2.45) is 5.10 Å².